The van der Waals surface area contributed by atoms with E-state index in [-0.39, 0.29) is 12.3 Å². The van der Waals surface area contributed by atoms with Gasteiger partial charge in [-0.3, -0.25) is 9.48 Å². The molecule has 0 saturated carbocycles. The van der Waals surface area contributed by atoms with Crippen molar-refractivity contribution in [2.24, 2.45) is 5.92 Å². The van der Waals surface area contributed by atoms with Crippen LogP contribution in [0.4, 0.5) is 0 Å². The number of carbonyl (C=O) groups is 1. The summed E-state index contributed by atoms with van der Waals surface area (Å²) in [6.45, 7) is 9.56. The lowest BCUT2D eigenvalue weighted by Gasteiger charge is -2.12. The number of hydrogen-bond acceptors (Lipinski definition) is 3. The number of nitrogens with zero attached hydrogens (tertiary/aromatic N) is 2. The van der Waals surface area contributed by atoms with E-state index in [9.17, 15) is 4.79 Å². The van der Waals surface area contributed by atoms with Crippen molar-refractivity contribution in [2.45, 2.75) is 53.2 Å². The highest BCUT2D eigenvalue weighted by atomic mass is 16.5. The molecule has 0 fully saturated rings. The van der Waals surface area contributed by atoms with Gasteiger partial charge in [0, 0.05) is 11.9 Å². The fourth-order valence-electron chi connectivity index (χ4n) is 3.66. The summed E-state index contributed by atoms with van der Waals surface area (Å²) in [4.78, 5) is 11.1. The van der Waals surface area contributed by atoms with Crippen molar-refractivity contribution >= 4 is 16.9 Å². The van der Waals surface area contributed by atoms with Crippen molar-refractivity contribution in [1.29, 1.82) is 0 Å². The summed E-state index contributed by atoms with van der Waals surface area (Å²) in [6.07, 6.45) is 1.91. The van der Waals surface area contributed by atoms with Crippen LogP contribution in [0.3, 0.4) is 0 Å². The molecule has 0 radical (unpaired) electrons. The van der Waals surface area contributed by atoms with Crippen molar-refractivity contribution in [3.63, 3.8) is 0 Å². The van der Waals surface area contributed by atoms with E-state index in [1.54, 1.807) is 6.92 Å². The van der Waals surface area contributed by atoms with Gasteiger partial charge >= 0.3 is 5.97 Å². The maximum atomic E-state index is 11.1. The minimum absolute atomic E-state index is 0.00910. The summed E-state index contributed by atoms with van der Waals surface area (Å²) < 4.78 is 8.04. The van der Waals surface area contributed by atoms with Crippen LogP contribution in [-0.2, 0) is 17.9 Å². The average Bonchev–Trinajstić information content (AvgIpc) is 3.08. The van der Waals surface area contributed by atoms with E-state index in [2.05, 4.69) is 54.5 Å². The molecule has 3 rings (SSSR count). The van der Waals surface area contributed by atoms with Crippen LogP contribution >= 0.6 is 0 Å². The Hall–Kier alpha value is -3.26. The number of carboxylic acids is 1. The van der Waals surface area contributed by atoms with Gasteiger partial charge in [-0.05, 0) is 54.7 Å². The van der Waals surface area contributed by atoms with Crippen LogP contribution in [0.15, 0.2) is 42.6 Å². The van der Waals surface area contributed by atoms with Crippen LogP contribution in [0, 0.1) is 24.7 Å². The number of hydrogen-bond donors (Lipinski definition) is 1. The van der Waals surface area contributed by atoms with Gasteiger partial charge in [-0.25, -0.2) is 0 Å². The number of ether oxygens (including phenoxy) is 1. The maximum Gasteiger partial charge on any atom is 0.304 e. The van der Waals surface area contributed by atoms with Crippen LogP contribution in [0.5, 0.6) is 5.75 Å². The number of carboxylic acid groups (broad SMARTS) is 1. The van der Waals surface area contributed by atoms with Gasteiger partial charge in [0.25, 0.3) is 0 Å². The predicted molar refractivity (Wildman–Crippen MR) is 119 cm³/mol. The topological polar surface area (TPSA) is 64.3 Å². The second-order valence-electron chi connectivity index (χ2n) is 7.97. The van der Waals surface area contributed by atoms with Crippen LogP contribution in [-0.4, -0.2) is 20.9 Å². The Bertz CT molecular complexity index is 1090. The molecule has 0 aliphatic rings. The SMILES string of the molecule is CC#C[C@@H](CC(=O)O)c1ccc(OCc2cc(C)c3c(cnn3CC(C)C)c2)cc1. The third-order valence-corrected chi connectivity index (χ3v) is 4.91. The first kappa shape index (κ1) is 21.4. The summed E-state index contributed by atoms with van der Waals surface area (Å²) in [5, 5.41) is 14.7. The monoisotopic (exact) mass is 404 g/mol. The lowest BCUT2D eigenvalue weighted by atomic mass is 9.96. The fraction of sp³-hybridized carbons (Fsp3) is 0.360. The zero-order valence-corrected chi connectivity index (χ0v) is 18.0. The summed E-state index contributed by atoms with van der Waals surface area (Å²) in [7, 11) is 0. The lowest BCUT2D eigenvalue weighted by Crippen LogP contribution is -2.06. The zero-order valence-electron chi connectivity index (χ0n) is 18.0. The molecular weight excluding hydrogens is 376 g/mol. The molecule has 5 heteroatoms. The Kier molecular flexibility index (Phi) is 6.79. The molecule has 0 bridgehead atoms. The highest BCUT2D eigenvalue weighted by Crippen LogP contribution is 2.25. The van der Waals surface area contributed by atoms with Crippen LogP contribution in [0.25, 0.3) is 10.9 Å². The number of rotatable bonds is 8. The van der Waals surface area contributed by atoms with E-state index in [0.29, 0.717) is 12.5 Å². The van der Waals surface area contributed by atoms with Gasteiger partial charge < -0.3 is 9.84 Å². The molecule has 0 aliphatic carbocycles. The Morgan fingerprint density at radius 2 is 1.97 bits per heavy atom. The molecule has 0 spiro atoms. The molecular formula is C25H28N2O3. The number of aryl methyl sites for hydroxylation is 1. The highest BCUT2D eigenvalue weighted by molar-refractivity contribution is 5.82. The first-order valence-electron chi connectivity index (χ1n) is 10.2. The third-order valence-electron chi connectivity index (χ3n) is 4.91. The van der Waals surface area contributed by atoms with Gasteiger partial charge in [0.1, 0.15) is 12.4 Å². The molecule has 3 aromatic rings. The second-order valence-corrected chi connectivity index (χ2v) is 7.97. The van der Waals surface area contributed by atoms with Crippen molar-refractivity contribution in [2.75, 3.05) is 0 Å². The fourth-order valence-corrected chi connectivity index (χ4v) is 3.66. The molecule has 2 aromatic carbocycles. The molecule has 0 aliphatic heterocycles. The predicted octanol–water partition coefficient (Wildman–Crippen LogP) is 5.16. The van der Waals surface area contributed by atoms with Crippen molar-refractivity contribution in [3.05, 3.63) is 59.3 Å². The van der Waals surface area contributed by atoms with Crippen LogP contribution < -0.4 is 4.74 Å². The van der Waals surface area contributed by atoms with Gasteiger partial charge in [0.15, 0.2) is 0 Å². The second kappa shape index (κ2) is 9.49. The first-order valence-corrected chi connectivity index (χ1v) is 10.2. The van der Waals surface area contributed by atoms with Gasteiger partial charge in [-0.1, -0.05) is 38.0 Å². The van der Waals surface area contributed by atoms with E-state index < -0.39 is 5.97 Å². The van der Waals surface area contributed by atoms with Crippen LogP contribution in [0.1, 0.15) is 49.8 Å². The Morgan fingerprint density at radius 3 is 2.60 bits per heavy atom. The van der Waals surface area contributed by atoms with Crippen molar-refractivity contribution < 1.29 is 14.6 Å². The lowest BCUT2D eigenvalue weighted by molar-refractivity contribution is -0.137. The molecule has 5 nitrogen and oxygen atoms in total. The third kappa shape index (κ3) is 5.21. The molecule has 1 atom stereocenters. The van der Waals surface area contributed by atoms with E-state index in [4.69, 9.17) is 9.84 Å². The molecule has 0 saturated heterocycles. The Labute approximate surface area is 177 Å². The molecule has 1 heterocycles. The van der Waals surface area contributed by atoms with E-state index >= 15 is 0 Å². The van der Waals surface area contributed by atoms with E-state index in [1.165, 1.54) is 11.1 Å². The van der Waals surface area contributed by atoms with Crippen LogP contribution in [0.2, 0.25) is 0 Å². The van der Waals surface area contributed by atoms with Crippen molar-refractivity contribution in [1.82, 2.24) is 9.78 Å². The summed E-state index contributed by atoms with van der Waals surface area (Å²) in [6, 6.07) is 11.8. The first-order chi connectivity index (χ1) is 14.4. The molecule has 1 aromatic heterocycles. The number of aliphatic carboxylic acids is 1. The summed E-state index contributed by atoms with van der Waals surface area (Å²) in [5.74, 6) is 5.89. The molecule has 0 unspecified atom stereocenters. The van der Waals surface area contributed by atoms with Crippen molar-refractivity contribution in [3.8, 4) is 17.6 Å². The highest BCUT2D eigenvalue weighted by Gasteiger charge is 2.13. The standard InChI is InChI=1S/C25H28N2O3/c1-5-6-21(13-24(28)29)20-7-9-23(10-8-20)30-16-19-11-18(4)25-22(12-19)14-26-27(25)15-17(2)3/h7-12,14,17,21H,13,15-16H2,1-4H3,(H,28,29)/t21-/m0/s1. The molecule has 156 valence electrons. The smallest absolute Gasteiger partial charge is 0.304 e. The van der Waals surface area contributed by atoms with Gasteiger partial charge in [-0.15, -0.1) is 5.92 Å². The van der Waals surface area contributed by atoms with Gasteiger partial charge in [0.2, 0.25) is 0 Å². The summed E-state index contributed by atoms with van der Waals surface area (Å²) in [5.41, 5.74) is 4.34. The largest absolute Gasteiger partial charge is 0.489 e. The number of fused-ring (bicyclic) bond motifs is 1. The molecule has 30 heavy (non-hydrogen) atoms. The van der Waals surface area contributed by atoms with E-state index in [0.717, 1.165) is 28.8 Å². The van der Waals surface area contributed by atoms with E-state index in [1.807, 2.05) is 30.5 Å². The minimum atomic E-state index is -0.856. The average molecular weight is 405 g/mol. The number of benzene rings is 2. The maximum absolute atomic E-state index is 11.1. The molecule has 1 N–H and O–H groups in total. The minimum Gasteiger partial charge on any atom is -0.489 e. The normalized spacial score (nSPS) is 11.9. The zero-order chi connectivity index (χ0) is 21.7. The van der Waals surface area contributed by atoms with Gasteiger partial charge in [0.05, 0.1) is 24.1 Å². The summed E-state index contributed by atoms with van der Waals surface area (Å²) >= 11 is 0. The molecule has 0 amide bonds. The Balaban J connectivity index is 1.71. The van der Waals surface area contributed by atoms with Gasteiger partial charge in [-0.2, -0.15) is 5.10 Å². The quantitative estimate of drug-likeness (QED) is 0.527. The Morgan fingerprint density at radius 1 is 1.23 bits per heavy atom. The number of aromatic nitrogens is 2.